The van der Waals surface area contributed by atoms with E-state index in [-0.39, 0.29) is 5.82 Å². The molecule has 2 unspecified atom stereocenters. The SMILES string of the molecule is CCCNC1CC(c2cc(C)c(F)c(C)c2)C1(CC)CC. The van der Waals surface area contributed by atoms with E-state index in [1.807, 2.05) is 13.8 Å². The Labute approximate surface area is 129 Å². The quantitative estimate of drug-likeness (QED) is 0.768. The van der Waals surface area contributed by atoms with E-state index in [4.69, 9.17) is 0 Å². The van der Waals surface area contributed by atoms with Gasteiger partial charge in [-0.3, -0.25) is 0 Å². The average Bonchev–Trinajstić information content (AvgIpc) is 2.45. The van der Waals surface area contributed by atoms with Gasteiger partial charge >= 0.3 is 0 Å². The fraction of sp³-hybridized carbons (Fsp3) is 0.684. The van der Waals surface area contributed by atoms with Gasteiger partial charge in [-0.15, -0.1) is 0 Å². The number of hydrogen-bond acceptors (Lipinski definition) is 1. The number of aryl methyl sites for hydroxylation is 2. The van der Waals surface area contributed by atoms with E-state index in [0.717, 1.165) is 17.7 Å². The predicted molar refractivity (Wildman–Crippen MR) is 88.3 cm³/mol. The molecule has 118 valence electrons. The molecular weight excluding hydrogens is 261 g/mol. The number of benzene rings is 1. The van der Waals surface area contributed by atoms with Crippen molar-refractivity contribution in [1.82, 2.24) is 5.32 Å². The summed E-state index contributed by atoms with van der Waals surface area (Å²) in [4.78, 5) is 0. The fourth-order valence-electron chi connectivity index (χ4n) is 4.28. The van der Waals surface area contributed by atoms with E-state index in [2.05, 4.69) is 38.2 Å². The van der Waals surface area contributed by atoms with Crippen molar-refractivity contribution >= 4 is 0 Å². The van der Waals surface area contributed by atoms with Crippen LogP contribution in [-0.4, -0.2) is 12.6 Å². The van der Waals surface area contributed by atoms with Gasteiger partial charge in [0.25, 0.3) is 0 Å². The monoisotopic (exact) mass is 291 g/mol. The van der Waals surface area contributed by atoms with Crippen molar-refractivity contribution in [1.29, 1.82) is 0 Å². The lowest BCUT2D eigenvalue weighted by molar-refractivity contribution is 0.0201. The Morgan fingerprint density at radius 2 is 1.71 bits per heavy atom. The van der Waals surface area contributed by atoms with Crippen LogP contribution in [-0.2, 0) is 0 Å². The van der Waals surface area contributed by atoms with Crippen LogP contribution in [0.3, 0.4) is 0 Å². The second-order valence-corrected chi connectivity index (χ2v) is 6.70. The molecule has 1 N–H and O–H groups in total. The van der Waals surface area contributed by atoms with Crippen molar-refractivity contribution in [3.63, 3.8) is 0 Å². The van der Waals surface area contributed by atoms with E-state index in [9.17, 15) is 4.39 Å². The molecule has 0 saturated heterocycles. The lowest BCUT2D eigenvalue weighted by atomic mass is 9.51. The molecular formula is C19H30FN. The molecule has 21 heavy (non-hydrogen) atoms. The molecule has 1 aromatic rings. The van der Waals surface area contributed by atoms with Crippen LogP contribution in [0.15, 0.2) is 12.1 Å². The summed E-state index contributed by atoms with van der Waals surface area (Å²) in [7, 11) is 0. The van der Waals surface area contributed by atoms with Gasteiger partial charge in [-0.1, -0.05) is 32.9 Å². The first-order valence-electron chi connectivity index (χ1n) is 8.50. The molecule has 1 fully saturated rings. The molecule has 0 aromatic heterocycles. The molecule has 1 nitrogen and oxygen atoms in total. The van der Waals surface area contributed by atoms with Crippen LogP contribution in [0.1, 0.15) is 69.1 Å². The molecule has 1 saturated carbocycles. The standard InChI is InChI=1S/C19H30FN/c1-6-9-21-17-12-16(19(17,7-2)8-3)15-10-13(4)18(20)14(5)11-15/h10-11,16-17,21H,6-9,12H2,1-5H3. The Bertz CT molecular complexity index is 467. The van der Waals surface area contributed by atoms with Crippen LogP contribution < -0.4 is 5.32 Å². The van der Waals surface area contributed by atoms with Gasteiger partial charge in [-0.2, -0.15) is 0 Å². The van der Waals surface area contributed by atoms with Crippen molar-refractivity contribution < 1.29 is 4.39 Å². The first kappa shape index (κ1) is 16.5. The van der Waals surface area contributed by atoms with Crippen molar-refractivity contribution in [3.05, 3.63) is 34.6 Å². The van der Waals surface area contributed by atoms with E-state index < -0.39 is 0 Å². The van der Waals surface area contributed by atoms with Crippen LogP contribution >= 0.6 is 0 Å². The maximum atomic E-state index is 13.9. The predicted octanol–water partition coefficient (Wildman–Crippen LogP) is 5.10. The second-order valence-electron chi connectivity index (χ2n) is 6.70. The van der Waals surface area contributed by atoms with E-state index in [1.54, 1.807) is 0 Å². The van der Waals surface area contributed by atoms with Gasteiger partial charge in [0, 0.05) is 6.04 Å². The van der Waals surface area contributed by atoms with Crippen LogP contribution in [0.5, 0.6) is 0 Å². The second kappa shape index (κ2) is 6.48. The zero-order chi connectivity index (χ0) is 15.6. The maximum Gasteiger partial charge on any atom is 0.129 e. The van der Waals surface area contributed by atoms with Crippen molar-refractivity contribution in [2.24, 2.45) is 5.41 Å². The van der Waals surface area contributed by atoms with Crippen LogP contribution in [0, 0.1) is 25.1 Å². The summed E-state index contributed by atoms with van der Waals surface area (Å²) in [6.07, 6.45) is 4.74. The van der Waals surface area contributed by atoms with Gasteiger partial charge in [0.05, 0.1) is 0 Å². The van der Waals surface area contributed by atoms with Gasteiger partial charge in [-0.05, 0) is 74.1 Å². The third kappa shape index (κ3) is 2.75. The third-order valence-corrected chi connectivity index (χ3v) is 5.68. The number of rotatable bonds is 6. The lowest BCUT2D eigenvalue weighted by Gasteiger charge is -2.57. The highest BCUT2D eigenvalue weighted by Gasteiger charge is 2.52. The van der Waals surface area contributed by atoms with Gasteiger partial charge in [-0.25, -0.2) is 4.39 Å². The molecule has 1 aromatic carbocycles. The third-order valence-electron chi connectivity index (χ3n) is 5.68. The van der Waals surface area contributed by atoms with E-state index >= 15 is 0 Å². The number of hydrogen-bond donors (Lipinski definition) is 1. The van der Waals surface area contributed by atoms with Crippen LogP contribution in [0.4, 0.5) is 4.39 Å². The molecule has 2 heteroatoms. The summed E-state index contributed by atoms with van der Waals surface area (Å²) in [5, 5.41) is 3.73. The number of halogens is 1. The molecule has 0 heterocycles. The van der Waals surface area contributed by atoms with Gasteiger partial charge in [0.15, 0.2) is 0 Å². The van der Waals surface area contributed by atoms with Crippen LogP contribution in [0.25, 0.3) is 0 Å². The Hall–Kier alpha value is -0.890. The molecule has 0 bridgehead atoms. The first-order chi connectivity index (χ1) is 10.00. The highest BCUT2D eigenvalue weighted by molar-refractivity contribution is 5.36. The summed E-state index contributed by atoms with van der Waals surface area (Å²) in [5.41, 5.74) is 3.25. The largest absolute Gasteiger partial charge is 0.313 e. The minimum atomic E-state index is -0.0441. The minimum Gasteiger partial charge on any atom is -0.313 e. The molecule has 1 aliphatic carbocycles. The topological polar surface area (TPSA) is 12.0 Å². The maximum absolute atomic E-state index is 13.9. The molecule has 2 rings (SSSR count). The average molecular weight is 291 g/mol. The normalized spacial score (nSPS) is 23.9. The molecule has 0 radical (unpaired) electrons. The molecule has 0 amide bonds. The Kier molecular flexibility index (Phi) is 5.08. The van der Waals surface area contributed by atoms with E-state index in [0.29, 0.717) is 17.4 Å². The van der Waals surface area contributed by atoms with Gasteiger partial charge in [0.2, 0.25) is 0 Å². The summed E-state index contributed by atoms with van der Waals surface area (Å²) < 4.78 is 13.9. The zero-order valence-corrected chi connectivity index (χ0v) is 14.2. The summed E-state index contributed by atoms with van der Waals surface area (Å²) in [6, 6.07) is 4.76. The number of nitrogens with one attached hydrogen (secondary N) is 1. The zero-order valence-electron chi connectivity index (χ0n) is 14.2. The highest BCUT2D eigenvalue weighted by Crippen LogP contribution is 2.57. The summed E-state index contributed by atoms with van der Waals surface area (Å²) >= 11 is 0. The first-order valence-corrected chi connectivity index (χ1v) is 8.50. The van der Waals surface area contributed by atoms with Crippen molar-refractivity contribution in [2.75, 3.05) is 6.54 Å². The smallest absolute Gasteiger partial charge is 0.129 e. The lowest BCUT2D eigenvalue weighted by Crippen LogP contribution is -2.58. The Morgan fingerprint density at radius 3 is 2.19 bits per heavy atom. The Balaban J connectivity index is 2.28. The summed E-state index contributed by atoms with van der Waals surface area (Å²) in [5.74, 6) is 0.525. The molecule has 0 spiro atoms. The van der Waals surface area contributed by atoms with Gasteiger partial charge < -0.3 is 5.32 Å². The van der Waals surface area contributed by atoms with Crippen LogP contribution in [0.2, 0.25) is 0 Å². The molecule has 0 aliphatic heterocycles. The van der Waals surface area contributed by atoms with Crippen molar-refractivity contribution in [2.45, 2.75) is 72.3 Å². The summed E-state index contributed by atoms with van der Waals surface area (Å²) in [6.45, 7) is 11.7. The molecule has 1 aliphatic rings. The Morgan fingerprint density at radius 1 is 1.14 bits per heavy atom. The van der Waals surface area contributed by atoms with E-state index in [1.165, 1.54) is 31.2 Å². The van der Waals surface area contributed by atoms with Crippen molar-refractivity contribution in [3.8, 4) is 0 Å². The highest BCUT2D eigenvalue weighted by atomic mass is 19.1. The fourth-order valence-corrected chi connectivity index (χ4v) is 4.28. The van der Waals surface area contributed by atoms with Gasteiger partial charge in [0.1, 0.15) is 5.82 Å². The minimum absolute atomic E-state index is 0.0441. The molecule has 2 atom stereocenters.